The summed E-state index contributed by atoms with van der Waals surface area (Å²) in [5.41, 5.74) is 15.6. The minimum absolute atomic E-state index is 0.0532. The third kappa shape index (κ3) is 14.3. The monoisotopic (exact) mass is 1360 g/mol. The number of esters is 1. The Morgan fingerprint density at radius 1 is 0.471 bits per heavy atom. The highest BCUT2D eigenvalue weighted by atomic mass is 79.9. The molecule has 0 saturated heterocycles. The van der Waals surface area contributed by atoms with E-state index in [4.69, 9.17) is 80.1 Å². The van der Waals surface area contributed by atoms with Crippen LogP contribution in [0.2, 0.25) is 30.1 Å². The fraction of sp³-hybridized carbons (Fsp3) is 0.0159. The number of rotatable bonds is 12. The smallest absolute Gasteiger partial charge is 0.339 e. The predicted octanol–water partition coefficient (Wildman–Crippen LogP) is 19.6. The summed E-state index contributed by atoms with van der Waals surface area (Å²) >= 11 is 43.8. The van der Waals surface area contributed by atoms with E-state index in [1.54, 1.807) is 121 Å². The molecule has 3 heterocycles. The number of nitrogens with zero attached hydrogens (tertiary/aromatic N) is 4. The van der Waals surface area contributed by atoms with Gasteiger partial charge in [-0.3, -0.25) is 4.79 Å². The van der Waals surface area contributed by atoms with E-state index in [1.165, 1.54) is 41.1 Å². The maximum absolute atomic E-state index is 12.0. The fourth-order valence-corrected chi connectivity index (χ4v) is 12.2. The maximum atomic E-state index is 12.0. The molecule has 0 atom stereocenters. The number of hydrogen-bond acceptors (Lipinski definition) is 12. The highest BCUT2D eigenvalue weighted by Gasteiger charge is 2.21. The van der Waals surface area contributed by atoms with Gasteiger partial charge in [0.15, 0.2) is 0 Å². The topological polar surface area (TPSA) is 206 Å². The Hall–Kier alpha value is -7.76. The number of hydrogen-bond donors (Lipinski definition) is 3. The molecule has 0 aliphatic heterocycles. The molecule has 12 nitrogen and oxygen atoms in total. The summed E-state index contributed by atoms with van der Waals surface area (Å²) in [6, 6.07) is 47.2. The molecule has 3 aromatic heterocycles. The van der Waals surface area contributed by atoms with Gasteiger partial charge in [0.1, 0.15) is 15.0 Å². The number of methoxy groups -OCH3 is 1. The van der Waals surface area contributed by atoms with E-state index in [-0.39, 0.29) is 16.7 Å². The molecule has 0 saturated carbocycles. The normalized spacial score (nSPS) is 10.7. The SMILES string of the molecule is COC(=O)c1cc(-c2nc(-c3ccc(Cl)c(Cl)c3)cs2)ccc1Br.N#Cc1ccccc1-c1ccc(-c2nc(-c3ccc(Cl)c(Cl)c3)cs2)cc1C(=O)O.NC(=O)c1ccccc1-c1ccc(-c2nc(-c3ccc(Cl)c(Cl)c3)cs2)cc1C(=O)O. The lowest BCUT2D eigenvalue weighted by Gasteiger charge is -2.11. The predicted molar refractivity (Wildman–Crippen MR) is 346 cm³/mol. The highest BCUT2D eigenvalue weighted by molar-refractivity contribution is 9.10. The Morgan fingerprint density at radius 3 is 1.24 bits per heavy atom. The van der Waals surface area contributed by atoms with Crippen molar-refractivity contribution in [3.63, 3.8) is 0 Å². The van der Waals surface area contributed by atoms with Crippen LogP contribution in [-0.2, 0) is 4.74 Å². The first-order chi connectivity index (χ1) is 40.8. The number of primary amides is 1. The molecule has 85 heavy (non-hydrogen) atoms. The molecule has 22 heteroatoms. The minimum Gasteiger partial charge on any atom is -0.478 e. The largest absolute Gasteiger partial charge is 0.478 e. The third-order valence-corrected chi connectivity index (χ3v) is 18.2. The first-order valence-corrected chi connectivity index (χ1v) is 30.3. The number of carboxylic acids is 2. The number of thiazole rings is 3. The summed E-state index contributed by atoms with van der Waals surface area (Å²) in [6.07, 6.45) is 0. The van der Waals surface area contributed by atoms with Gasteiger partial charge in [-0.25, -0.2) is 29.3 Å². The van der Waals surface area contributed by atoms with E-state index < -0.39 is 23.8 Å². The lowest BCUT2D eigenvalue weighted by molar-refractivity contribution is 0.0598. The van der Waals surface area contributed by atoms with Gasteiger partial charge in [-0.1, -0.05) is 155 Å². The van der Waals surface area contributed by atoms with Crippen molar-refractivity contribution in [3.8, 4) is 93.8 Å². The van der Waals surface area contributed by atoms with E-state index in [9.17, 15) is 34.7 Å². The van der Waals surface area contributed by atoms with Crippen molar-refractivity contribution < 1.29 is 34.1 Å². The van der Waals surface area contributed by atoms with Gasteiger partial charge in [0.2, 0.25) is 5.91 Å². The van der Waals surface area contributed by atoms with Gasteiger partial charge in [0.25, 0.3) is 0 Å². The quantitative estimate of drug-likeness (QED) is 0.0981. The molecule has 1 amide bonds. The highest BCUT2D eigenvalue weighted by Crippen LogP contribution is 2.39. The van der Waals surface area contributed by atoms with Crippen LogP contribution in [-0.4, -0.2) is 56.1 Å². The average molecular weight is 1360 g/mol. The second-order valence-electron chi connectivity index (χ2n) is 17.9. The zero-order valence-electron chi connectivity index (χ0n) is 43.4. The van der Waals surface area contributed by atoms with Crippen LogP contribution in [0.15, 0.2) is 178 Å². The number of carbonyl (C=O) groups excluding carboxylic acids is 2. The van der Waals surface area contributed by atoms with Crippen LogP contribution in [0, 0.1) is 11.3 Å². The Balaban J connectivity index is 0.000000154. The molecule has 0 bridgehead atoms. The van der Waals surface area contributed by atoms with Crippen molar-refractivity contribution in [1.82, 2.24) is 15.0 Å². The molecule has 0 aliphatic rings. The van der Waals surface area contributed by atoms with Crippen molar-refractivity contribution in [2.45, 2.75) is 0 Å². The van der Waals surface area contributed by atoms with Crippen molar-refractivity contribution in [2.24, 2.45) is 5.73 Å². The Labute approximate surface area is 536 Å². The van der Waals surface area contributed by atoms with E-state index >= 15 is 0 Å². The number of nitriles is 1. The minimum atomic E-state index is -1.11. The lowest BCUT2D eigenvalue weighted by atomic mass is 9.93. The molecule has 4 N–H and O–H groups in total. The number of carbonyl (C=O) groups is 4. The standard InChI is InChI=1S/C23H14Cl2N2O3S.C23H12Cl2N2O2S.C17H10BrCl2NO2S/c24-18-8-6-12(10-19(18)25)20-11-31-22(27-20)13-5-7-15(17(9-13)23(29)30)14-3-1-2-4-16(14)21(26)28;24-19-8-6-13(10-20(19)25)21-12-30-22(27-21)14-5-7-17(18(9-14)23(28)29)16-4-2-1-3-15(16)11-26;1-23-17(22)11-6-10(2-4-12(11)18)16-21-15(8-24-16)9-3-5-13(19)14(20)7-9/h1-11H,(H2,26,28)(H,29,30);1-10,12H,(H,28,29);2-8H,1H3. The summed E-state index contributed by atoms with van der Waals surface area (Å²) < 4.78 is 5.47. The number of benzene rings is 8. The van der Waals surface area contributed by atoms with Crippen LogP contribution in [0.1, 0.15) is 47.0 Å². The molecule has 422 valence electrons. The van der Waals surface area contributed by atoms with E-state index in [2.05, 4.69) is 37.0 Å². The van der Waals surface area contributed by atoms with Crippen LogP contribution in [0.3, 0.4) is 0 Å². The molecule has 0 fully saturated rings. The average Bonchev–Trinajstić information content (AvgIpc) is 4.26. The Morgan fingerprint density at radius 2 is 0.835 bits per heavy atom. The number of amides is 1. The van der Waals surface area contributed by atoms with Gasteiger partial charge >= 0.3 is 17.9 Å². The molecule has 11 aromatic rings. The number of nitrogens with two attached hydrogens (primary N) is 1. The Kier molecular flexibility index (Phi) is 20.0. The van der Waals surface area contributed by atoms with Crippen LogP contribution < -0.4 is 5.73 Å². The fourth-order valence-electron chi connectivity index (χ4n) is 8.43. The first kappa shape index (κ1) is 61.8. The zero-order valence-corrected chi connectivity index (χ0v) is 52.0. The molecule has 11 rings (SSSR count). The summed E-state index contributed by atoms with van der Waals surface area (Å²) in [5, 5.41) is 39.6. The summed E-state index contributed by atoms with van der Waals surface area (Å²) in [5.74, 6) is -3.20. The number of carboxylic acid groups (broad SMARTS) is 2. The third-order valence-electron chi connectivity index (χ3n) is 12.6. The van der Waals surface area contributed by atoms with Crippen LogP contribution in [0.25, 0.3) is 87.7 Å². The first-order valence-electron chi connectivity index (χ1n) is 24.6. The summed E-state index contributed by atoms with van der Waals surface area (Å²) in [6.45, 7) is 0. The van der Waals surface area contributed by atoms with Crippen LogP contribution in [0.5, 0.6) is 0 Å². The number of aromatic carboxylic acids is 2. The second-order valence-corrected chi connectivity index (χ2v) is 23.8. The van der Waals surface area contributed by atoms with Gasteiger partial charge in [-0.05, 0) is 105 Å². The zero-order chi connectivity index (χ0) is 60.6. The van der Waals surface area contributed by atoms with Crippen molar-refractivity contribution in [1.29, 1.82) is 5.26 Å². The summed E-state index contributed by atoms with van der Waals surface area (Å²) in [7, 11) is 1.35. The van der Waals surface area contributed by atoms with E-state index in [0.29, 0.717) is 94.8 Å². The van der Waals surface area contributed by atoms with E-state index in [0.717, 1.165) is 38.6 Å². The summed E-state index contributed by atoms with van der Waals surface area (Å²) in [4.78, 5) is 61.4. The molecule has 0 unspecified atom stereocenters. The number of aromatic nitrogens is 3. The van der Waals surface area contributed by atoms with Crippen molar-refractivity contribution >= 4 is 143 Å². The van der Waals surface area contributed by atoms with Gasteiger partial charge in [0.05, 0.1) is 82.7 Å². The van der Waals surface area contributed by atoms with Crippen LogP contribution >= 0.6 is 120 Å². The number of halogens is 7. The number of ether oxygens (including phenoxy) is 1. The van der Waals surface area contributed by atoms with Crippen LogP contribution in [0.4, 0.5) is 0 Å². The molecular weight excluding hydrogens is 1330 g/mol. The maximum Gasteiger partial charge on any atom is 0.339 e. The van der Waals surface area contributed by atoms with Crippen molar-refractivity contribution in [2.75, 3.05) is 7.11 Å². The van der Waals surface area contributed by atoms with Crippen molar-refractivity contribution in [3.05, 3.63) is 236 Å². The van der Waals surface area contributed by atoms with Gasteiger partial charge in [-0.2, -0.15) is 5.26 Å². The lowest BCUT2D eigenvalue weighted by Crippen LogP contribution is -2.13. The second kappa shape index (κ2) is 27.5. The molecular formula is C63H36BrCl6N5O7S3. The molecule has 0 aliphatic carbocycles. The van der Waals surface area contributed by atoms with E-state index in [1.807, 2.05) is 52.5 Å². The molecule has 8 aromatic carbocycles. The Bertz CT molecular complexity index is 4470. The van der Waals surface area contributed by atoms with Gasteiger partial charge in [0, 0.05) is 65.1 Å². The molecule has 0 radical (unpaired) electrons. The molecule has 0 spiro atoms. The van der Waals surface area contributed by atoms with Gasteiger partial charge < -0.3 is 20.7 Å². The van der Waals surface area contributed by atoms with Gasteiger partial charge in [-0.15, -0.1) is 34.0 Å².